The predicted octanol–water partition coefficient (Wildman–Crippen LogP) is 1.19. The van der Waals surface area contributed by atoms with Crippen molar-refractivity contribution in [1.82, 2.24) is 14.9 Å². The molecule has 138 valence electrons. The number of aliphatic imine (C=N–C) groups is 1. The van der Waals surface area contributed by atoms with Crippen molar-refractivity contribution in [3.05, 3.63) is 41.5 Å². The summed E-state index contributed by atoms with van der Waals surface area (Å²) >= 11 is 0. The van der Waals surface area contributed by atoms with Crippen molar-refractivity contribution < 1.29 is 22.5 Å². The Morgan fingerprint density at radius 2 is 2.15 bits per heavy atom. The normalized spacial score (nSPS) is 17.5. The molecule has 0 aliphatic carbocycles. The number of benzene rings is 1. The minimum Gasteiger partial charge on any atom is -0.454 e. The van der Waals surface area contributed by atoms with Crippen LogP contribution in [0.5, 0.6) is 0 Å². The summed E-state index contributed by atoms with van der Waals surface area (Å²) in [6.07, 6.45) is 1.56. The van der Waals surface area contributed by atoms with Crippen molar-refractivity contribution in [2.45, 2.75) is 44.2 Å². The number of ether oxygens (including phenoxy) is 1. The van der Waals surface area contributed by atoms with E-state index in [1.165, 1.54) is 13.0 Å². The number of fused-ring (bicyclic) bond motifs is 1. The molecule has 1 aromatic carbocycles. The largest absolute Gasteiger partial charge is 0.454 e. The van der Waals surface area contributed by atoms with Crippen LogP contribution in [0.2, 0.25) is 0 Å². The van der Waals surface area contributed by atoms with E-state index < -0.39 is 22.0 Å². The molecule has 3 rings (SSSR count). The second kappa shape index (κ2) is 7.24. The zero-order valence-electron chi connectivity index (χ0n) is 14.3. The van der Waals surface area contributed by atoms with E-state index in [1.54, 1.807) is 18.2 Å². The highest BCUT2D eigenvalue weighted by atomic mass is 32.2. The van der Waals surface area contributed by atoms with E-state index in [2.05, 4.69) is 19.9 Å². The molecule has 0 radical (unpaired) electrons. The molecule has 1 aliphatic rings. The molecule has 0 unspecified atom stereocenters. The Morgan fingerprint density at radius 1 is 1.38 bits per heavy atom. The minimum atomic E-state index is -3.65. The number of aryl methyl sites for hydroxylation is 1. The average Bonchev–Trinajstić information content (AvgIpc) is 3.16. The Balaban J connectivity index is 1.67. The van der Waals surface area contributed by atoms with Gasteiger partial charge < -0.3 is 9.26 Å². The molecule has 0 spiro atoms. The van der Waals surface area contributed by atoms with Gasteiger partial charge in [0.05, 0.1) is 4.90 Å². The molecule has 0 amide bonds. The van der Waals surface area contributed by atoms with Gasteiger partial charge in [-0.2, -0.15) is 4.98 Å². The molecule has 0 fully saturated rings. The molecule has 1 aliphatic heterocycles. The second-order valence-electron chi connectivity index (χ2n) is 5.72. The molecule has 9 nitrogen and oxygen atoms in total. The predicted molar refractivity (Wildman–Crippen MR) is 90.9 cm³/mol. The quantitative estimate of drug-likeness (QED) is 0.749. The topological polar surface area (TPSA) is 124 Å². The van der Waals surface area contributed by atoms with Gasteiger partial charge in [0.1, 0.15) is 11.9 Å². The lowest BCUT2D eigenvalue weighted by Crippen LogP contribution is -2.26. The fourth-order valence-electron chi connectivity index (χ4n) is 2.40. The van der Waals surface area contributed by atoms with Gasteiger partial charge in [0.2, 0.25) is 0 Å². The van der Waals surface area contributed by atoms with Crippen molar-refractivity contribution in [3.8, 4) is 0 Å². The van der Waals surface area contributed by atoms with Gasteiger partial charge in [0, 0.05) is 12.0 Å². The fourth-order valence-corrected chi connectivity index (χ4v) is 3.64. The van der Waals surface area contributed by atoms with Crippen LogP contribution in [0, 0.1) is 0 Å². The summed E-state index contributed by atoms with van der Waals surface area (Å²) in [7, 11) is -3.65. The molecule has 2 heterocycles. The first kappa shape index (κ1) is 18.1. The Kier molecular flexibility index (Phi) is 5.03. The van der Waals surface area contributed by atoms with Gasteiger partial charge >= 0.3 is 5.97 Å². The van der Waals surface area contributed by atoms with Gasteiger partial charge in [0.15, 0.2) is 12.4 Å². The first-order valence-electron chi connectivity index (χ1n) is 8.09. The summed E-state index contributed by atoms with van der Waals surface area (Å²) in [6, 6.07) is 5.51. The van der Waals surface area contributed by atoms with Gasteiger partial charge in [-0.25, -0.2) is 13.2 Å². The summed E-state index contributed by atoms with van der Waals surface area (Å²) in [5, 5.41) is 3.77. The lowest BCUT2D eigenvalue weighted by Gasteiger charge is -2.07. The van der Waals surface area contributed by atoms with Crippen LogP contribution >= 0.6 is 0 Å². The number of aromatic nitrogens is 2. The highest BCUT2D eigenvalue weighted by molar-refractivity contribution is 7.90. The van der Waals surface area contributed by atoms with Crippen LogP contribution in [0.3, 0.4) is 0 Å². The third-order valence-corrected chi connectivity index (χ3v) is 5.05. The van der Waals surface area contributed by atoms with Crippen molar-refractivity contribution in [2.75, 3.05) is 0 Å². The van der Waals surface area contributed by atoms with Crippen molar-refractivity contribution in [3.63, 3.8) is 0 Å². The van der Waals surface area contributed by atoms with Crippen LogP contribution < -0.4 is 4.72 Å². The van der Waals surface area contributed by atoms with Crippen molar-refractivity contribution in [1.29, 1.82) is 0 Å². The highest BCUT2D eigenvalue weighted by Crippen LogP contribution is 2.22. The number of nitrogens with zero attached hydrogens (tertiary/aromatic N) is 3. The van der Waals surface area contributed by atoms with Gasteiger partial charge in [0.25, 0.3) is 15.9 Å². The van der Waals surface area contributed by atoms with Crippen LogP contribution in [0.1, 0.15) is 37.5 Å². The van der Waals surface area contributed by atoms with Gasteiger partial charge in [-0.15, -0.1) is 0 Å². The lowest BCUT2D eigenvalue weighted by molar-refractivity contribution is -0.146. The number of esters is 1. The lowest BCUT2D eigenvalue weighted by atomic mass is 10.2. The second-order valence-corrected chi connectivity index (χ2v) is 7.37. The standard InChI is InChI=1S/C16H18N4O5S/c1-3-6-13-18-14(25-19-13)9-24-16(21)10(2)17-15-11-7-4-5-8-12(11)26(22,23)20-15/h4-5,7-8,10H,3,6,9H2,1-2H3,(H,17,20)/t10-/m0/s1. The molecule has 1 atom stereocenters. The van der Waals surface area contributed by atoms with Crippen molar-refractivity contribution in [2.24, 2.45) is 4.99 Å². The SMILES string of the molecule is CCCc1noc(COC(=O)[C@H](C)N=C2NS(=O)(=O)c3ccccc32)n1. The third kappa shape index (κ3) is 3.74. The maximum absolute atomic E-state index is 12.1. The highest BCUT2D eigenvalue weighted by Gasteiger charge is 2.31. The maximum atomic E-state index is 12.1. The Hall–Kier alpha value is -2.75. The Morgan fingerprint density at radius 3 is 2.92 bits per heavy atom. The first-order valence-corrected chi connectivity index (χ1v) is 9.57. The maximum Gasteiger partial charge on any atom is 0.331 e. The number of sulfonamides is 1. The summed E-state index contributed by atoms with van der Waals surface area (Å²) in [5.41, 5.74) is 0.424. The van der Waals surface area contributed by atoms with E-state index >= 15 is 0 Å². The van der Waals surface area contributed by atoms with Gasteiger partial charge in [-0.05, 0) is 25.5 Å². The molecule has 26 heavy (non-hydrogen) atoms. The zero-order valence-corrected chi connectivity index (χ0v) is 15.1. The van der Waals surface area contributed by atoms with E-state index in [0.29, 0.717) is 17.8 Å². The van der Waals surface area contributed by atoms with Crippen LogP contribution in [-0.4, -0.2) is 36.4 Å². The summed E-state index contributed by atoms with van der Waals surface area (Å²) in [6.45, 7) is 3.35. The first-order chi connectivity index (χ1) is 12.4. The zero-order chi connectivity index (χ0) is 18.7. The van der Waals surface area contributed by atoms with Crippen LogP contribution in [-0.2, 0) is 32.6 Å². The monoisotopic (exact) mass is 378 g/mol. The van der Waals surface area contributed by atoms with Crippen molar-refractivity contribution >= 4 is 21.8 Å². The van der Waals surface area contributed by atoms with Gasteiger partial charge in [-0.1, -0.05) is 24.2 Å². The summed E-state index contributed by atoms with van der Waals surface area (Å²) in [5.74, 6) is 0.252. The van der Waals surface area contributed by atoms with Crippen LogP contribution in [0.25, 0.3) is 0 Å². The average molecular weight is 378 g/mol. The third-order valence-electron chi connectivity index (χ3n) is 3.65. The molecular weight excluding hydrogens is 360 g/mol. The van der Waals surface area contributed by atoms with Gasteiger partial charge in [-0.3, -0.25) is 9.71 Å². The van der Waals surface area contributed by atoms with Crippen LogP contribution in [0.4, 0.5) is 0 Å². The molecular formula is C16H18N4O5S. The van der Waals surface area contributed by atoms with E-state index in [4.69, 9.17) is 9.26 Å². The molecule has 2 aromatic rings. The number of carbonyl (C=O) groups excluding carboxylic acids is 1. The number of carbonyl (C=O) groups is 1. The molecule has 10 heteroatoms. The molecule has 1 N–H and O–H groups in total. The molecule has 1 aromatic heterocycles. The molecule has 0 saturated carbocycles. The summed E-state index contributed by atoms with van der Waals surface area (Å²) < 4.78 is 36.5. The number of amidine groups is 1. The van der Waals surface area contributed by atoms with E-state index in [0.717, 1.165) is 6.42 Å². The van der Waals surface area contributed by atoms with E-state index in [1.807, 2.05) is 6.92 Å². The number of hydrogen-bond acceptors (Lipinski definition) is 8. The van der Waals surface area contributed by atoms with E-state index in [-0.39, 0.29) is 23.2 Å². The smallest absolute Gasteiger partial charge is 0.331 e. The number of rotatable bonds is 6. The summed E-state index contributed by atoms with van der Waals surface area (Å²) in [4.78, 5) is 20.5. The molecule has 0 saturated heterocycles. The van der Waals surface area contributed by atoms with Crippen LogP contribution in [0.15, 0.2) is 38.7 Å². The Labute approximate surface area is 150 Å². The van der Waals surface area contributed by atoms with E-state index in [9.17, 15) is 13.2 Å². The molecule has 0 bridgehead atoms. The minimum absolute atomic E-state index is 0.119. The number of hydrogen-bond donors (Lipinski definition) is 1. The fraction of sp³-hybridized carbons (Fsp3) is 0.375. The number of nitrogens with one attached hydrogen (secondary N) is 1. The Bertz CT molecular complexity index is 951.